The summed E-state index contributed by atoms with van der Waals surface area (Å²) in [5.41, 5.74) is 0. The van der Waals surface area contributed by atoms with Crippen molar-refractivity contribution in [2.24, 2.45) is 0 Å². The molecule has 0 unspecified atom stereocenters. The maximum Gasteiger partial charge on any atom is 0.316 e. The van der Waals surface area contributed by atoms with E-state index >= 15 is 0 Å². The highest BCUT2D eigenvalue weighted by molar-refractivity contribution is 6.32. The number of carbonyl (C=O) groups excluding carboxylic acids is 1. The number of nitrogens with zero attached hydrogens (tertiary/aromatic N) is 3. The molecule has 2 heterocycles. The summed E-state index contributed by atoms with van der Waals surface area (Å²) in [6.07, 6.45) is 1.59. The number of hydrogen-bond acceptors (Lipinski definition) is 4. The Morgan fingerprint density at radius 2 is 1.83 bits per heavy atom. The number of hydrogen-bond donors (Lipinski definition) is 1. The molecule has 1 N–H and O–H groups in total. The van der Waals surface area contributed by atoms with Gasteiger partial charge in [0, 0.05) is 6.07 Å². The van der Waals surface area contributed by atoms with Crippen molar-refractivity contribution in [2.45, 2.75) is 0 Å². The molecule has 0 radical (unpaired) electrons. The van der Waals surface area contributed by atoms with E-state index in [1.165, 1.54) is 0 Å². The van der Waals surface area contributed by atoms with Crippen LogP contribution in [-0.2, 0) is 4.79 Å². The maximum atomic E-state index is 12.3. The summed E-state index contributed by atoms with van der Waals surface area (Å²) in [4.78, 5) is 16.1. The van der Waals surface area contributed by atoms with Crippen LogP contribution in [0.15, 0.2) is 48.7 Å². The third-order valence-electron chi connectivity index (χ3n) is 3.96. The molecule has 0 saturated carbocycles. The summed E-state index contributed by atoms with van der Waals surface area (Å²) in [7, 11) is 0. The Morgan fingerprint density at radius 3 is 2.54 bits per heavy atom. The fraction of sp³-hybridized carbons (Fsp3) is 0.294. The van der Waals surface area contributed by atoms with Crippen LogP contribution in [0, 0.1) is 0 Å². The molecule has 0 spiro atoms. The van der Waals surface area contributed by atoms with Crippen LogP contribution >= 0.6 is 11.6 Å². The van der Waals surface area contributed by atoms with Gasteiger partial charge in [0.05, 0.1) is 18.1 Å². The highest BCUT2D eigenvalue weighted by Gasteiger charge is 2.28. The predicted molar refractivity (Wildman–Crippen MR) is 89.6 cm³/mol. The number of ether oxygens (including phenoxy) is 1. The molecule has 0 bridgehead atoms. The second-order valence-electron chi connectivity index (χ2n) is 5.49. The highest BCUT2D eigenvalue weighted by Crippen LogP contribution is 2.23. The first-order chi connectivity index (χ1) is 11.6. The van der Waals surface area contributed by atoms with E-state index in [0.717, 1.165) is 10.5 Å². The fourth-order valence-corrected chi connectivity index (χ4v) is 2.84. The Hall–Kier alpha value is -2.47. The monoisotopic (exact) mass is 348 g/mol. The SMILES string of the molecule is O=C(COc1ccccc1Cl)N1CCN(c2cccc[n+]2O)CC1. The number of halogens is 1. The van der Waals surface area contributed by atoms with Gasteiger partial charge < -0.3 is 14.8 Å². The number of amides is 1. The maximum absolute atomic E-state index is 12.3. The van der Waals surface area contributed by atoms with E-state index in [1.807, 2.05) is 29.2 Å². The van der Waals surface area contributed by atoms with Crippen LogP contribution in [0.25, 0.3) is 0 Å². The van der Waals surface area contributed by atoms with E-state index < -0.39 is 0 Å². The minimum atomic E-state index is -0.0699. The average molecular weight is 349 g/mol. The van der Waals surface area contributed by atoms with E-state index in [0.29, 0.717) is 37.0 Å². The van der Waals surface area contributed by atoms with E-state index in [4.69, 9.17) is 16.3 Å². The highest BCUT2D eigenvalue weighted by atomic mass is 35.5. The number of carbonyl (C=O) groups is 1. The van der Waals surface area contributed by atoms with Gasteiger partial charge in [0.25, 0.3) is 5.91 Å². The summed E-state index contributed by atoms with van der Waals surface area (Å²) in [6, 6.07) is 12.6. The zero-order chi connectivity index (χ0) is 16.9. The molecule has 1 aromatic heterocycles. The molecule has 0 aliphatic carbocycles. The summed E-state index contributed by atoms with van der Waals surface area (Å²) >= 11 is 6.01. The Morgan fingerprint density at radius 1 is 1.12 bits per heavy atom. The van der Waals surface area contributed by atoms with Crippen LogP contribution in [0.2, 0.25) is 5.02 Å². The standard InChI is InChI=1S/C17H19ClN3O3/c18-14-5-1-2-6-15(14)24-13-17(22)20-11-9-19(10-12-20)16-7-3-4-8-21(16)23/h1-8,23H,9-13H2/q+1. The Bertz CT molecular complexity index is 718. The van der Waals surface area contributed by atoms with Gasteiger partial charge in [-0.3, -0.25) is 9.69 Å². The van der Waals surface area contributed by atoms with Crippen molar-refractivity contribution >= 4 is 23.3 Å². The lowest BCUT2D eigenvalue weighted by molar-refractivity contribution is -0.894. The van der Waals surface area contributed by atoms with Crippen LogP contribution in [-0.4, -0.2) is 48.8 Å². The van der Waals surface area contributed by atoms with Crippen LogP contribution in [0.1, 0.15) is 0 Å². The molecule has 24 heavy (non-hydrogen) atoms. The van der Waals surface area contributed by atoms with Crippen molar-refractivity contribution in [1.29, 1.82) is 0 Å². The Kier molecular flexibility index (Phi) is 5.05. The molecule has 1 aromatic carbocycles. The minimum Gasteiger partial charge on any atom is -0.482 e. The van der Waals surface area contributed by atoms with Crippen molar-refractivity contribution < 1.29 is 19.5 Å². The zero-order valence-corrected chi connectivity index (χ0v) is 13.9. The van der Waals surface area contributed by atoms with E-state index in [-0.39, 0.29) is 12.5 Å². The average Bonchev–Trinajstić information content (AvgIpc) is 2.61. The molecule has 3 rings (SSSR count). The van der Waals surface area contributed by atoms with Gasteiger partial charge in [-0.2, -0.15) is 0 Å². The molecule has 1 amide bonds. The van der Waals surface area contributed by atoms with Crippen molar-refractivity contribution in [3.63, 3.8) is 0 Å². The number of rotatable bonds is 4. The van der Waals surface area contributed by atoms with E-state index in [1.54, 1.807) is 29.3 Å². The first-order valence-corrected chi connectivity index (χ1v) is 8.13. The van der Waals surface area contributed by atoms with Gasteiger partial charge in [-0.05, 0) is 18.2 Å². The third kappa shape index (κ3) is 3.71. The summed E-state index contributed by atoms with van der Waals surface area (Å²) in [6.45, 7) is 2.44. The summed E-state index contributed by atoms with van der Waals surface area (Å²) in [5.74, 6) is 1.16. The van der Waals surface area contributed by atoms with Gasteiger partial charge in [0.1, 0.15) is 25.0 Å². The smallest absolute Gasteiger partial charge is 0.316 e. The van der Waals surface area contributed by atoms with E-state index in [2.05, 4.69) is 0 Å². The number of piperazine rings is 1. The van der Waals surface area contributed by atoms with Gasteiger partial charge in [0.2, 0.25) is 0 Å². The van der Waals surface area contributed by atoms with E-state index in [9.17, 15) is 10.0 Å². The van der Waals surface area contributed by atoms with Crippen molar-refractivity contribution in [3.8, 4) is 5.75 Å². The van der Waals surface area contributed by atoms with Crippen LogP contribution in [0.5, 0.6) is 5.75 Å². The minimum absolute atomic E-state index is 0.0327. The van der Waals surface area contributed by atoms with Crippen molar-refractivity contribution in [2.75, 3.05) is 37.7 Å². The molecular formula is C17H19ClN3O3+. The van der Waals surface area contributed by atoms with Gasteiger partial charge in [-0.15, -0.1) is 0 Å². The topological polar surface area (TPSA) is 56.9 Å². The van der Waals surface area contributed by atoms with Gasteiger partial charge in [-0.1, -0.05) is 34.5 Å². The lowest BCUT2D eigenvalue weighted by Gasteiger charge is -2.31. The third-order valence-corrected chi connectivity index (χ3v) is 4.27. The molecule has 2 aromatic rings. The predicted octanol–water partition coefficient (Wildman–Crippen LogP) is 1.59. The van der Waals surface area contributed by atoms with Crippen LogP contribution in [0.3, 0.4) is 0 Å². The number of pyridine rings is 1. The molecule has 1 fully saturated rings. The number of aromatic nitrogens is 1. The summed E-state index contributed by atoms with van der Waals surface area (Å²) < 4.78 is 6.60. The van der Waals surface area contributed by atoms with Crippen molar-refractivity contribution in [1.82, 2.24) is 4.90 Å². The molecule has 7 heteroatoms. The molecule has 1 aliphatic rings. The first-order valence-electron chi connectivity index (χ1n) is 7.75. The van der Waals surface area contributed by atoms with Crippen LogP contribution in [0.4, 0.5) is 5.82 Å². The molecular weight excluding hydrogens is 330 g/mol. The first kappa shape index (κ1) is 16.4. The molecule has 126 valence electrons. The van der Waals surface area contributed by atoms with Gasteiger partial charge in [0.15, 0.2) is 6.61 Å². The second kappa shape index (κ2) is 7.40. The summed E-state index contributed by atoms with van der Waals surface area (Å²) in [5, 5.41) is 10.3. The van der Waals surface area contributed by atoms with Gasteiger partial charge in [-0.25, -0.2) is 0 Å². The Labute approximate surface area is 145 Å². The molecule has 1 aliphatic heterocycles. The van der Waals surface area contributed by atoms with Crippen molar-refractivity contribution in [3.05, 3.63) is 53.7 Å². The quantitative estimate of drug-likeness (QED) is 0.673. The molecule has 1 saturated heterocycles. The largest absolute Gasteiger partial charge is 0.482 e. The lowest BCUT2D eigenvalue weighted by atomic mass is 10.3. The normalized spacial score (nSPS) is 14.5. The van der Waals surface area contributed by atoms with Gasteiger partial charge >= 0.3 is 5.82 Å². The molecule has 6 nitrogen and oxygen atoms in total. The Balaban J connectivity index is 1.52. The van der Waals surface area contributed by atoms with Crippen LogP contribution < -0.4 is 14.4 Å². The zero-order valence-electron chi connectivity index (χ0n) is 13.1. The number of benzene rings is 1. The number of para-hydroxylation sites is 1. The molecule has 0 atom stereocenters. The number of anilines is 1. The second-order valence-corrected chi connectivity index (χ2v) is 5.90. The lowest BCUT2D eigenvalue weighted by Crippen LogP contribution is -2.53. The fourth-order valence-electron chi connectivity index (χ4n) is 2.65.